The number of hydrogen-bond donors (Lipinski definition) is 3. The Morgan fingerprint density at radius 1 is 1.30 bits per heavy atom. The van der Waals surface area contributed by atoms with E-state index < -0.39 is 5.97 Å². The van der Waals surface area contributed by atoms with Crippen molar-refractivity contribution in [1.82, 2.24) is 5.32 Å². The number of hydrogen-bond acceptors (Lipinski definition) is 2. The van der Waals surface area contributed by atoms with Crippen molar-refractivity contribution in [2.75, 3.05) is 5.32 Å². The fraction of sp³-hybridized carbons (Fsp3) is 0.467. The van der Waals surface area contributed by atoms with Crippen LogP contribution in [0.2, 0.25) is 0 Å². The summed E-state index contributed by atoms with van der Waals surface area (Å²) in [5.41, 5.74) is 1.38. The molecule has 1 fully saturated rings. The largest absolute Gasteiger partial charge is 0.478 e. The number of anilines is 1. The quantitative estimate of drug-likeness (QED) is 0.794. The zero-order valence-electron chi connectivity index (χ0n) is 11.8. The minimum atomic E-state index is -0.990. The minimum absolute atomic E-state index is 0.206. The molecule has 0 radical (unpaired) electrons. The van der Waals surface area contributed by atoms with Gasteiger partial charge in [-0.25, -0.2) is 9.59 Å². The summed E-state index contributed by atoms with van der Waals surface area (Å²) >= 11 is 0. The van der Waals surface area contributed by atoms with Crippen molar-refractivity contribution in [3.63, 3.8) is 0 Å². The third-order valence-electron chi connectivity index (χ3n) is 3.90. The van der Waals surface area contributed by atoms with Crippen molar-refractivity contribution in [2.45, 2.75) is 39.2 Å². The fourth-order valence-electron chi connectivity index (χ4n) is 2.63. The summed E-state index contributed by atoms with van der Waals surface area (Å²) in [6, 6.07) is 4.81. The predicted octanol–water partition coefficient (Wildman–Crippen LogP) is 3.00. The Kier molecular flexibility index (Phi) is 4.27. The molecule has 1 aliphatic rings. The first kappa shape index (κ1) is 14.4. The summed E-state index contributed by atoms with van der Waals surface area (Å²) in [6.07, 6.45) is 3.28. The SMILES string of the molecule is Cc1ccc(NC(=O)NC2CCCC2C)cc1C(=O)O. The van der Waals surface area contributed by atoms with E-state index in [2.05, 4.69) is 17.6 Å². The summed E-state index contributed by atoms with van der Waals surface area (Å²) in [5.74, 6) is -0.496. The van der Waals surface area contributed by atoms with Gasteiger partial charge in [0.1, 0.15) is 0 Å². The van der Waals surface area contributed by atoms with Gasteiger partial charge in [-0.15, -0.1) is 0 Å². The highest BCUT2D eigenvalue weighted by molar-refractivity contribution is 5.94. The van der Waals surface area contributed by atoms with E-state index in [1.54, 1.807) is 19.1 Å². The number of benzene rings is 1. The second-order valence-electron chi connectivity index (χ2n) is 5.45. The lowest BCUT2D eigenvalue weighted by molar-refractivity contribution is 0.0696. The fourth-order valence-corrected chi connectivity index (χ4v) is 2.63. The monoisotopic (exact) mass is 276 g/mol. The van der Waals surface area contributed by atoms with Gasteiger partial charge < -0.3 is 15.7 Å². The molecule has 0 bridgehead atoms. The van der Waals surface area contributed by atoms with Gasteiger partial charge in [0.15, 0.2) is 0 Å². The summed E-state index contributed by atoms with van der Waals surface area (Å²) in [7, 11) is 0. The van der Waals surface area contributed by atoms with E-state index in [0.717, 1.165) is 19.3 Å². The van der Waals surface area contributed by atoms with Crippen LogP contribution in [-0.4, -0.2) is 23.1 Å². The van der Waals surface area contributed by atoms with Crippen LogP contribution in [0.4, 0.5) is 10.5 Å². The molecule has 2 amide bonds. The first-order valence-corrected chi connectivity index (χ1v) is 6.89. The highest BCUT2D eigenvalue weighted by Crippen LogP contribution is 2.24. The second kappa shape index (κ2) is 5.94. The number of carboxylic acids is 1. The molecule has 1 aliphatic carbocycles. The molecule has 2 atom stereocenters. The lowest BCUT2D eigenvalue weighted by Crippen LogP contribution is -2.39. The average molecular weight is 276 g/mol. The van der Waals surface area contributed by atoms with E-state index in [1.165, 1.54) is 6.07 Å². The first-order chi connectivity index (χ1) is 9.47. The Morgan fingerprint density at radius 2 is 2.05 bits per heavy atom. The molecule has 20 heavy (non-hydrogen) atoms. The predicted molar refractivity (Wildman–Crippen MR) is 77.1 cm³/mol. The normalized spacial score (nSPS) is 21.5. The van der Waals surface area contributed by atoms with Crippen molar-refractivity contribution >= 4 is 17.7 Å². The molecule has 5 nitrogen and oxygen atoms in total. The molecule has 2 rings (SSSR count). The van der Waals surface area contributed by atoms with Crippen LogP contribution in [-0.2, 0) is 0 Å². The maximum atomic E-state index is 11.9. The molecule has 2 unspecified atom stereocenters. The zero-order chi connectivity index (χ0) is 14.7. The van der Waals surface area contributed by atoms with Gasteiger partial charge in [0, 0.05) is 11.7 Å². The lowest BCUT2D eigenvalue weighted by Gasteiger charge is -2.18. The van der Waals surface area contributed by atoms with Crippen molar-refractivity contribution in [2.24, 2.45) is 5.92 Å². The van der Waals surface area contributed by atoms with E-state index in [4.69, 9.17) is 5.11 Å². The van der Waals surface area contributed by atoms with Crippen LogP contribution in [0.5, 0.6) is 0 Å². The Hall–Kier alpha value is -2.04. The molecule has 0 heterocycles. The summed E-state index contributed by atoms with van der Waals surface area (Å²) in [4.78, 5) is 23.0. The number of aromatic carboxylic acids is 1. The van der Waals surface area contributed by atoms with Gasteiger partial charge in [0.25, 0.3) is 0 Å². The molecular formula is C15H20N2O3. The number of carbonyl (C=O) groups excluding carboxylic acids is 1. The van der Waals surface area contributed by atoms with Crippen LogP contribution in [0.3, 0.4) is 0 Å². The Morgan fingerprint density at radius 3 is 2.65 bits per heavy atom. The molecule has 0 aromatic heterocycles. The van der Waals surface area contributed by atoms with E-state index >= 15 is 0 Å². The smallest absolute Gasteiger partial charge is 0.336 e. The molecule has 1 aromatic rings. The van der Waals surface area contributed by atoms with Crippen LogP contribution in [0.25, 0.3) is 0 Å². The molecule has 1 saturated carbocycles. The third-order valence-corrected chi connectivity index (χ3v) is 3.90. The van der Waals surface area contributed by atoms with Crippen LogP contribution < -0.4 is 10.6 Å². The topological polar surface area (TPSA) is 78.4 Å². The van der Waals surface area contributed by atoms with Gasteiger partial charge >= 0.3 is 12.0 Å². The molecule has 0 aliphatic heterocycles. The third kappa shape index (κ3) is 3.29. The zero-order valence-corrected chi connectivity index (χ0v) is 11.8. The molecule has 0 spiro atoms. The number of urea groups is 1. The van der Waals surface area contributed by atoms with E-state index in [1.807, 2.05) is 0 Å². The van der Waals surface area contributed by atoms with Crippen molar-refractivity contribution in [3.05, 3.63) is 29.3 Å². The first-order valence-electron chi connectivity index (χ1n) is 6.89. The Bertz CT molecular complexity index is 528. The molecular weight excluding hydrogens is 256 g/mol. The van der Waals surface area contributed by atoms with Crippen LogP contribution in [0.1, 0.15) is 42.1 Å². The summed E-state index contributed by atoms with van der Waals surface area (Å²) in [6.45, 7) is 3.86. The van der Waals surface area contributed by atoms with Crippen LogP contribution in [0, 0.1) is 12.8 Å². The maximum Gasteiger partial charge on any atom is 0.336 e. The van der Waals surface area contributed by atoms with Gasteiger partial charge in [0.2, 0.25) is 0 Å². The Labute approximate surface area is 118 Å². The standard InChI is InChI=1S/C15H20N2O3/c1-9-6-7-11(8-12(9)14(18)19)16-15(20)17-13-5-3-4-10(13)2/h6-8,10,13H,3-5H2,1-2H3,(H,18,19)(H2,16,17,20). The Balaban J connectivity index is 2.00. The van der Waals surface area contributed by atoms with E-state index in [9.17, 15) is 9.59 Å². The summed E-state index contributed by atoms with van der Waals surface area (Å²) < 4.78 is 0. The molecule has 3 N–H and O–H groups in total. The number of carboxylic acid groups (broad SMARTS) is 1. The van der Waals surface area contributed by atoms with E-state index in [-0.39, 0.29) is 17.6 Å². The minimum Gasteiger partial charge on any atom is -0.478 e. The van der Waals surface area contributed by atoms with Gasteiger partial charge in [-0.05, 0) is 43.4 Å². The number of rotatable bonds is 3. The van der Waals surface area contributed by atoms with Gasteiger partial charge in [-0.1, -0.05) is 19.4 Å². The van der Waals surface area contributed by atoms with Crippen molar-refractivity contribution in [3.8, 4) is 0 Å². The maximum absolute atomic E-state index is 11.9. The number of nitrogens with one attached hydrogen (secondary N) is 2. The second-order valence-corrected chi connectivity index (χ2v) is 5.45. The van der Waals surface area contributed by atoms with Gasteiger partial charge in [-0.3, -0.25) is 0 Å². The average Bonchev–Trinajstić information content (AvgIpc) is 2.77. The van der Waals surface area contributed by atoms with Crippen molar-refractivity contribution in [1.29, 1.82) is 0 Å². The highest BCUT2D eigenvalue weighted by atomic mass is 16.4. The molecule has 108 valence electrons. The van der Waals surface area contributed by atoms with Crippen LogP contribution in [0.15, 0.2) is 18.2 Å². The molecule has 0 saturated heterocycles. The van der Waals surface area contributed by atoms with E-state index in [0.29, 0.717) is 17.2 Å². The van der Waals surface area contributed by atoms with Crippen molar-refractivity contribution < 1.29 is 14.7 Å². The lowest BCUT2D eigenvalue weighted by atomic mass is 10.1. The van der Waals surface area contributed by atoms with Crippen LogP contribution >= 0.6 is 0 Å². The number of carbonyl (C=O) groups is 2. The number of amides is 2. The van der Waals surface area contributed by atoms with Gasteiger partial charge in [-0.2, -0.15) is 0 Å². The molecule has 1 aromatic carbocycles. The van der Waals surface area contributed by atoms with Gasteiger partial charge in [0.05, 0.1) is 5.56 Å². The number of aryl methyl sites for hydroxylation is 1. The molecule has 5 heteroatoms. The summed E-state index contributed by atoms with van der Waals surface area (Å²) in [5, 5.41) is 14.7. The highest BCUT2D eigenvalue weighted by Gasteiger charge is 2.24.